The third kappa shape index (κ3) is 1.85. The summed E-state index contributed by atoms with van der Waals surface area (Å²) < 4.78 is 10.6. The Morgan fingerprint density at radius 2 is 2.00 bits per heavy atom. The lowest BCUT2D eigenvalue weighted by Gasteiger charge is -2.26. The van der Waals surface area contributed by atoms with Crippen LogP contribution < -0.4 is 15.2 Å². The average Bonchev–Trinajstić information content (AvgIpc) is 3.02. The number of methoxy groups -OCH3 is 2. The highest BCUT2D eigenvalue weighted by atomic mass is 16.5. The van der Waals surface area contributed by atoms with Crippen molar-refractivity contribution in [1.82, 2.24) is 9.97 Å². The van der Waals surface area contributed by atoms with E-state index in [0.717, 1.165) is 36.1 Å². The molecule has 1 aliphatic rings. The number of fused-ring (bicyclic) bond motifs is 1. The van der Waals surface area contributed by atoms with Gasteiger partial charge in [-0.3, -0.25) is 0 Å². The molecular weight excluding hydrogens is 254 g/mol. The number of benzene rings is 1. The monoisotopic (exact) mass is 275 g/mol. The largest absolute Gasteiger partial charge is 0.493 e. The lowest BCUT2D eigenvalue weighted by atomic mass is 9.84. The Morgan fingerprint density at radius 1 is 1.30 bits per heavy atom. The number of hydrogen-bond donors (Lipinski definition) is 2. The molecule has 2 aromatic rings. The number of imidazole rings is 1. The molecule has 1 heterocycles. The number of nitrogens with one attached hydrogen (secondary N) is 1. The van der Waals surface area contributed by atoms with Crippen LogP contribution in [0.2, 0.25) is 0 Å². The number of aromatic nitrogens is 2. The molecule has 0 radical (unpaired) electrons. The van der Waals surface area contributed by atoms with E-state index in [2.05, 4.69) is 11.9 Å². The minimum atomic E-state index is -0.0700. The van der Waals surface area contributed by atoms with Gasteiger partial charge in [-0.25, -0.2) is 4.98 Å². The first-order valence-electron chi connectivity index (χ1n) is 6.96. The average molecular weight is 275 g/mol. The predicted molar refractivity (Wildman–Crippen MR) is 78.4 cm³/mol. The minimum Gasteiger partial charge on any atom is -0.493 e. The highest BCUT2D eigenvalue weighted by Gasteiger charge is 2.40. The molecule has 0 saturated heterocycles. The van der Waals surface area contributed by atoms with Crippen LogP contribution in [0, 0.1) is 0 Å². The molecule has 0 bridgehead atoms. The van der Waals surface area contributed by atoms with Crippen molar-refractivity contribution >= 4 is 11.0 Å². The van der Waals surface area contributed by atoms with Crippen molar-refractivity contribution in [2.45, 2.75) is 37.6 Å². The minimum absolute atomic E-state index is 0.0700. The van der Waals surface area contributed by atoms with E-state index in [1.54, 1.807) is 14.2 Å². The van der Waals surface area contributed by atoms with E-state index in [1.165, 1.54) is 0 Å². The van der Waals surface area contributed by atoms with E-state index < -0.39 is 0 Å². The summed E-state index contributed by atoms with van der Waals surface area (Å²) in [4.78, 5) is 8.14. The maximum Gasteiger partial charge on any atom is 0.163 e. The van der Waals surface area contributed by atoms with Gasteiger partial charge in [-0.1, -0.05) is 13.3 Å². The van der Waals surface area contributed by atoms with Gasteiger partial charge in [0.25, 0.3) is 0 Å². The van der Waals surface area contributed by atoms with Crippen molar-refractivity contribution in [3.8, 4) is 11.5 Å². The fraction of sp³-hybridized carbons (Fsp3) is 0.533. The maximum absolute atomic E-state index is 6.27. The zero-order valence-electron chi connectivity index (χ0n) is 12.2. The summed E-state index contributed by atoms with van der Waals surface area (Å²) in [6.07, 6.45) is 3.28. The summed E-state index contributed by atoms with van der Waals surface area (Å²) in [5.41, 5.74) is 8.04. The van der Waals surface area contributed by atoms with E-state index in [-0.39, 0.29) is 11.5 Å². The van der Waals surface area contributed by atoms with Crippen molar-refractivity contribution in [3.05, 3.63) is 18.0 Å². The van der Waals surface area contributed by atoms with E-state index in [4.69, 9.17) is 20.2 Å². The molecule has 0 aliphatic heterocycles. The summed E-state index contributed by atoms with van der Waals surface area (Å²) in [6, 6.07) is 3.99. The summed E-state index contributed by atoms with van der Waals surface area (Å²) in [5, 5.41) is 0. The van der Waals surface area contributed by atoms with Crippen molar-refractivity contribution in [3.63, 3.8) is 0 Å². The van der Waals surface area contributed by atoms with Gasteiger partial charge in [0.2, 0.25) is 0 Å². The van der Waals surface area contributed by atoms with Crippen molar-refractivity contribution < 1.29 is 9.47 Å². The molecule has 1 aliphatic carbocycles. The Kier molecular flexibility index (Phi) is 3.09. The van der Waals surface area contributed by atoms with Crippen LogP contribution in [0.4, 0.5) is 0 Å². The number of nitrogens with zero attached hydrogens (tertiary/aromatic N) is 1. The molecule has 1 aromatic carbocycles. The van der Waals surface area contributed by atoms with Crippen LogP contribution in [0.1, 0.15) is 32.0 Å². The molecule has 0 amide bonds. The topological polar surface area (TPSA) is 73.2 Å². The van der Waals surface area contributed by atoms with Crippen molar-refractivity contribution in [2.24, 2.45) is 5.73 Å². The summed E-state index contributed by atoms with van der Waals surface area (Å²) in [6.45, 7) is 2.19. The highest BCUT2D eigenvalue weighted by Crippen LogP contribution is 2.40. The van der Waals surface area contributed by atoms with E-state index >= 15 is 0 Å². The van der Waals surface area contributed by atoms with Gasteiger partial charge in [0.05, 0.1) is 25.3 Å². The van der Waals surface area contributed by atoms with Crippen LogP contribution >= 0.6 is 0 Å². The van der Waals surface area contributed by atoms with Crippen LogP contribution in [-0.4, -0.2) is 30.2 Å². The molecule has 5 nitrogen and oxygen atoms in total. The second-order valence-electron chi connectivity index (χ2n) is 5.73. The molecule has 108 valence electrons. The second-order valence-corrected chi connectivity index (χ2v) is 5.73. The van der Waals surface area contributed by atoms with Crippen LogP contribution in [0.3, 0.4) is 0 Å². The lowest BCUT2D eigenvalue weighted by molar-refractivity contribution is 0.356. The zero-order chi connectivity index (χ0) is 14.3. The van der Waals surface area contributed by atoms with Crippen molar-refractivity contribution in [2.75, 3.05) is 14.2 Å². The predicted octanol–water partition coefficient (Wildman–Crippen LogP) is 2.35. The molecule has 3 N–H and O–H groups in total. The van der Waals surface area contributed by atoms with Gasteiger partial charge in [-0.05, 0) is 12.8 Å². The number of rotatable bonds is 3. The fourth-order valence-corrected chi connectivity index (χ4v) is 3.09. The molecule has 1 fully saturated rings. The molecule has 1 aromatic heterocycles. The molecule has 2 unspecified atom stereocenters. The molecular formula is C15H21N3O2. The fourth-order valence-electron chi connectivity index (χ4n) is 3.09. The Bertz CT molecular complexity index is 596. The number of H-pyrrole nitrogens is 1. The van der Waals surface area contributed by atoms with Crippen LogP contribution in [0.15, 0.2) is 12.1 Å². The molecule has 5 heteroatoms. The van der Waals surface area contributed by atoms with Crippen LogP contribution in [-0.2, 0) is 5.41 Å². The number of hydrogen-bond acceptors (Lipinski definition) is 4. The summed E-state index contributed by atoms with van der Waals surface area (Å²) >= 11 is 0. The van der Waals surface area contributed by atoms with Gasteiger partial charge in [-0.15, -0.1) is 0 Å². The van der Waals surface area contributed by atoms with Gasteiger partial charge < -0.3 is 20.2 Å². The van der Waals surface area contributed by atoms with Crippen molar-refractivity contribution in [1.29, 1.82) is 0 Å². The first-order chi connectivity index (χ1) is 9.58. The molecule has 2 atom stereocenters. The molecule has 1 saturated carbocycles. The summed E-state index contributed by atoms with van der Waals surface area (Å²) in [5.74, 6) is 2.36. The molecule has 3 rings (SSSR count). The Hall–Kier alpha value is -1.75. The quantitative estimate of drug-likeness (QED) is 0.901. The standard InChI is InChI=1S/C15H21N3O2/c1-15(6-4-5-13(15)16)14-17-9-7-11(19-2)12(20-3)8-10(9)18-14/h7-8,13H,4-6,16H2,1-3H3,(H,17,18). The van der Waals surface area contributed by atoms with Gasteiger partial charge in [-0.2, -0.15) is 0 Å². The third-order valence-electron chi connectivity index (χ3n) is 4.56. The summed E-state index contributed by atoms with van der Waals surface area (Å²) in [7, 11) is 3.26. The molecule has 0 spiro atoms. The zero-order valence-corrected chi connectivity index (χ0v) is 12.2. The van der Waals surface area contributed by atoms with Gasteiger partial charge in [0.1, 0.15) is 5.82 Å². The third-order valence-corrected chi connectivity index (χ3v) is 4.56. The molecule has 20 heavy (non-hydrogen) atoms. The van der Waals surface area contributed by atoms with Gasteiger partial charge >= 0.3 is 0 Å². The smallest absolute Gasteiger partial charge is 0.163 e. The SMILES string of the molecule is COc1cc2nc(C3(C)CCCC3N)[nH]c2cc1OC. The number of aromatic amines is 1. The Balaban J connectivity index is 2.11. The van der Waals surface area contributed by atoms with Crippen LogP contribution in [0.5, 0.6) is 11.5 Å². The van der Waals surface area contributed by atoms with E-state index in [0.29, 0.717) is 11.5 Å². The number of ether oxygens (including phenoxy) is 2. The van der Waals surface area contributed by atoms with E-state index in [9.17, 15) is 0 Å². The highest BCUT2D eigenvalue weighted by molar-refractivity contribution is 5.80. The maximum atomic E-state index is 6.27. The number of nitrogens with two attached hydrogens (primary N) is 1. The van der Waals surface area contributed by atoms with E-state index in [1.807, 2.05) is 12.1 Å². The van der Waals surface area contributed by atoms with Gasteiger partial charge in [0.15, 0.2) is 11.5 Å². The van der Waals surface area contributed by atoms with Gasteiger partial charge in [0, 0.05) is 23.6 Å². The second kappa shape index (κ2) is 4.66. The Morgan fingerprint density at radius 3 is 2.60 bits per heavy atom. The lowest BCUT2D eigenvalue weighted by Crippen LogP contribution is -2.39. The van der Waals surface area contributed by atoms with Crippen LogP contribution in [0.25, 0.3) is 11.0 Å². The first-order valence-corrected chi connectivity index (χ1v) is 6.96. The first kappa shape index (κ1) is 13.2. The Labute approximate surface area is 118 Å². The normalized spacial score (nSPS) is 26.1.